The summed E-state index contributed by atoms with van der Waals surface area (Å²) in [6, 6.07) is 9.14. The molecule has 1 aromatic carbocycles. The standard InChI is InChI=1S/C16H20N2S/c1-16(13-2-3-13)11-18(8-7-17-16)14-4-5-15-12(10-14)6-9-19-15/h4-6,9-10,13,17H,2-3,7-8,11H2,1H3. The molecule has 1 N–H and O–H groups in total. The number of piperazine rings is 1. The third-order valence-electron chi connectivity index (χ3n) is 4.71. The number of nitrogens with one attached hydrogen (secondary N) is 1. The molecule has 1 saturated carbocycles. The maximum absolute atomic E-state index is 3.75. The van der Waals surface area contributed by atoms with Gasteiger partial charge in [0, 0.05) is 35.6 Å². The fourth-order valence-electron chi connectivity index (χ4n) is 3.37. The van der Waals surface area contributed by atoms with Crippen molar-refractivity contribution in [2.24, 2.45) is 5.92 Å². The number of benzene rings is 1. The summed E-state index contributed by atoms with van der Waals surface area (Å²) in [5, 5.41) is 7.31. The van der Waals surface area contributed by atoms with Crippen molar-refractivity contribution < 1.29 is 0 Å². The largest absolute Gasteiger partial charge is 0.368 e. The molecule has 4 rings (SSSR count). The molecular weight excluding hydrogens is 252 g/mol. The van der Waals surface area contributed by atoms with Gasteiger partial charge in [-0.3, -0.25) is 0 Å². The van der Waals surface area contributed by atoms with E-state index in [1.54, 1.807) is 0 Å². The van der Waals surface area contributed by atoms with Gasteiger partial charge >= 0.3 is 0 Å². The number of anilines is 1. The van der Waals surface area contributed by atoms with Gasteiger partial charge in [-0.25, -0.2) is 0 Å². The van der Waals surface area contributed by atoms with E-state index in [-0.39, 0.29) is 0 Å². The highest BCUT2D eigenvalue weighted by atomic mass is 32.1. The van der Waals surface area contributed by atoms with E-state index < -0.39 is 0 Å². The first kappa shape index (κ1) is 11.7. The van der Waals surface area contributed by atoms with Gasteiger partial charge in [-0.1, -0.05) is 0 Å². The molecule has 3 heteroatoms. The first-order valence-corrected chi connectivity index (χ1v) is 8.10. The van der Waals surface area contributed by atoms with Crippen molar-refractivity contribution in [2.45, 2.75) is 25.3 Å². The van der Waals surface area contributed by atoms with E-state index >= 15 is 0 Å². The SMILES string of the molecule is CC1(C2CC2)CN(c2ccc3sccc3c2)CCN1. The van der Waals surface area contributed by atoms with E-state index in [4.69, 9.17) is 0 Å². The van der Waals surface area contributed by atoms with Gasteiger partial charge in [0.25, 0.3) is 0 Å². The Kier molecular flexibility index (Phi) is 2.61. The zero-order valence-corrected chi connectivity index (χ0v) is 12.2. The Balaban J connectivity index is 1.63. The van der Waals surface area contributed by atoms with Gasteiger partial charge in [-0.05, 0) is 60.7 Å². The summed E-state index contributed by atoms with van der Waals surface area (Å²) in [6.07, 6.45) is 2.81. The van der Waals surface area contributed by atoms with Crippen LogP contribution in [0.2, 0.25) is 0 Å². The van der Waals surface area contributed by atoms with Crippen molar-refractivity contribution in [3.05, 3.63) is 29.6 Å². The molecule has 0 radical (unpaired) electrons. The molecule has 1 saturated heterocycles. The van der Waals surface area contributed by atoms with Crippen LogP contribution in [0.5, 0.6) is 0 Å². The summed E-state index contributed by atoms with van der Waals surface area (Å²) in [4.78, 5) is 2.56. The van der Waals surface area contributed by atoms with Gasteiger partial charge in [-0.2, -0.15) is 0 Å². The molecule has 1 atom stereocenters. The molecule has 2 aliphatic rings. The second-order valence-corrected chi connectivity index (χ2v) is 7.13. The lowest BCUT2D eigenvalue weighted by atomic mass is 9.92. The van der Waals surface area contributed by atoms with Crippen LogP contribution in [0.3, 0.4) is 0 Å². The van der Waals surface area contributed by atoms with Crippen LogP contribution in [-0.2, 0) is 0 Å². The second-order valence-electron chi connectivity index (χ2n) is 6.18. The Morgan fingerprint density at radius 3 is 3.05 bits per heavy atom. The molecule has 0 spiro atoms. The first-order valence-electron chi connectivity index (χ1n) is 7.22. The Labute approximate surface area is 118 Å². The molecule has 2 nitrogen and oxygen atoms in total. The molecule has 1 unspecified atom stereocenters. The average Bonchev–Trinajstić information content (AvgIpc) is 3.18. The van der Waals surface area contributed by atoms with Crippen molar-refractivity contribution in [3.8, 4) is 0 Å². The normalized spacial score (nSPS) is 27.9. The van der Waals surface area contributed by atoms with Gasteiger partial charge in [0.05, 0.1) is 0 Å². The smallest absolute Gasteiger partial charge is 0.0374 e. The molecule has 100 valence electrons. The fraction of sp³-hybridized carbons (Fsp3) is 0.500. The van der Waals surface area contributed by atoms with Crippen LogP contribution >= 0.6 is 11.3 Å². The lowest BCUT2D eigenvalue weighted by molar-refractivity contribution is 0.285. The molecule has 1 aliphatic carbocycles. The van der Waals surface area contributed by atoms with E-state index in [0.717, 1.165) is 25.6 Å². The van der Waals surface area contributed by atoms with Crippen LogP contribution < -0.4 is 10.2 Å². The average molecular weight is 272 g/mol. The summed E-state index contributed by atoms with van der Waals surface area (Å²) >= 11 is 1.83. The third kappa shape index (κ3) is 2.05. The molecule has 2 fully saturated rings. The summed E-state index contributed by atoms with van der Waals surface area (Å²) in [5.74, 6) is 0.889. The number of fused-ring (bicyclic) bond motifs is 1. The maximum atomic E-state index is 3.75. The zero-order chi connectivity index (χ0) is 12.9. The molecular formula is C16H20N2S. The Morgan fingerprint density at radius 1 is 1.32 bits per heavy atom. The minimum absolute atomic E-state index is 0.321. The molecule has 1 aromatic heterocycles. The monoisotopic (exact) mass is 272 g/mol. The quantitative estimate of drug-likeness (QED) is 0.900. The van der Waals surface area contributed by atoms with Crippen molar-refractivity contribution in [3.63, 3.8) is 0 Å². The fourth-order valence-corrected chi connectivity index (χ4v) is 4.14. The van der Waals surface area contributed by atoms with Gasteiger partial charge in [0.1, 0.15) is 0 Å². The van der Waals surface area contributed by atoms with Crippen molar-refractivity contribution in [1.82, 2.24) is 5.32 Å². The van der Waals surface area contributed by atoms with Crippen LogP contribution in [0.1, 0.15) is 19.8 Å². The lowest BCUT2D eigenvalue weighted by Gasteiger charge is -2.43. The second kappa shape index (κ2) is 4.22. The summed E-state index contributed by atoms with van der Waals surface area (Å²) in [5.41, 5.74) is 1.71. The highest BCUT2D eigenvalue weighted by Crippen LogP contribution is 2.41. The summed E-state index contributed by atoms with van der Waals surface area (Å²) in [6.45, 7) is 5.78. The minimum Gasteiger partial charge on any atom is -0.368 e. The predicted octanol–water partition coefficient (Wildman–Crippen LogP) is 3.48. The molecule has 0 bridgehead atoms. The number of hydrogen-bond donors (Lipinski definition) is 1. The minimum atomic E-state index is 0.321. The number of nitrogens with zero attached hydrogens (tertiary/aromatic N) is 1. The van der Waals surface area contributed by atoms with Crippen molar-refractivity contribution in [2.75, 3.05) is 24.5 Å². The van der Waals surface area contributed by atoms with Crippen LogP contribution in [-0.4, -0.2) is 25.2 Å². The highest BCUT2D eigenvalue weighted by Gasteiger charge is 2.43. The van der Waals surface area contributed by atoms with E-state index in [9.17, 15) is 0 Å². The number of thiophene rings is 1. The third-order valence-corrected chi connectivity index (χ3v) is 5.61. The Bertz CT molecular complexity index is 602. The van der Waals surface area contributed by atoms with Crippen LogP contribution in [0.15, 0.2) is 29.6 Å². The molecule has 1 aliphatic heterocycles. The van der Waals surface area contributed by atoms with Gasteiger partial charge in [0.2, 0.25) is 0 Å². The number of rotatable bonds is 2. The Hall–Kier alpha value is -1.06. The first-order chi connectivity index (χ1) is 9.24. The summed E-state index contributed by atoms with van der Waals surface area (Å²) < 4.78 is 1.39. The maximum Gasteiger partial charge on any atom is 0.0374 e. The van der Waals surface area contributed by atoms with Crippen molar-refractivity contribution in [1.29, 1.82) is 0 Å². The van der Waals surface area contributed by atoms with E-state index in [0.29, 0.717) is 5.54 Å². The van der Waals surface area contributed by atoms with Gasteiger partial charge < -0.3 is 10.2 Å². The Morgan fingerprint density at radius 2 is 2.21 bits per heavy atom. The lowest BCUT2D eigenvalue weighted by Crippen LogP contribution is -2.60. The van der Waals surface area contributed by atoms with E-state index in [1.165, 1.54) is 28.6 Å². The molecule has 19 heavy (non-hydrogen) atoms. The summed E-state index contributed by atoms with van der Waals surface area (Å²) in [7, 11) is 0. The molecule has 2 heterocycles. The van der Waals surface area contributed by atoms with Gasteiger partial charge in [0.15, 0.2) is 0 Å². The molecule has 2 aromatic rings. The van der Waals surface area contributed by atoms with Gasteiger partial charge in [-0.15, -0.1) is 11.3 Å². The topological polar surface area (TPSA) is 15.3 Å². The molecule has 0 amide bonds. The van der Waals surface area contributed by atoms with Crippen LogP contribution in [0.4, 0.5) is 5.69 Å². The zero-order valence-electron chi connectivity index (χ0n) is 11.4. The van der Waals surface area contributed by atoms with Crippen molar-refractivity contribution >= 4 is 27.1 Å². The van der Waals surface area contributed by atoms with E-state index in [2.05, 4.69) is 46.8 Å². The van der Waals surface area contributed by atoms with Crippen LogP contribution in [0.25, 0.3) is 10.1 Å². The van der Waals surface area contributed by atoms with E-state index in [1.807, 2.05) is 11.3 Å². The highest BCUT2D eigenvalue weighted by molar-refractivity contribution is 7.17. The number of hydrogen-bond acceptors (Lipinski definition) is 3. The predicted molar refractivity (Wildman–Crippen MR) is 83.2 cm³/mol. The van der Waals surface area contributed by atoms with Crippen LogP contribution in [0, 0.1) is 5.92 Å².